The molecule has 5 heteroatoms. The summed E-state index contributed by atoms with van der Waals surface area (Å²) in [6, 6.07) is 16.2. The van der Waals surface area contributed by atoms with Gasteiger partial charge in [-0.2, -0.15) is 0 Å². The predicted octanol–water partition coefficient (Wildman–Crippen LogP) is 3.43. The van der Waals surface area contributed by atoms with Crippen LogP contribution in [0.1, 0.15) is 5.56 Å². The molecule has 110 valence electrons. The minimum absolute atomic E-state index is 0.0983. The number of carbonyl (C=O) groups excluding carboxylic acids is 2. The first-order chi connectivity index (χ1) is 10.6. The van der Waals surface area contributed by atoms with E-state index in [-0.39, 0.29) is 10.7 Å². The van der Waals surface area contributed by atoms with Crippen LogP contribution in [0.3, 0.4) is 0 Å². The highest BCUT2D eigenvalue weighted by Crippen LogP contribution is 2.29. The van der Waals surface area contributed by atoms with Gasteiger partial charge in [0.25, 0.3) is 11.8 Å². The third-order valence-electron chi connectivity index (χ3n) is 3.33. The molecule has 0 aliphatic carbocycles. The summed E-state index contributed by atoms with van der Waals surface area (Å²) < 4.78 is 0. The molecule has 0 aromatic heterocycles. The lowest BCUT2D eigenvalue weighted by molar-refractivity contribution is -0.120. The van der Waals surface area contributed by atoms with E-state index in [0.29, 0.717) is 11.4 Å². The Balaban J connectivity index is 1.92. The Morgan fingerprint density at radius 1 is 0.955 bits per heavy atom. The van der Waals surface area contributed by atoms with Crippen molar-refractivity contribution < 1.29 is 9.59 Å². The van der Waals surface area contributed by atoms with Crippen molar-refractivity contribution in [2.24, 2.45) is 0 Å². The van der Waals surface area contributed by atoms with Crippen LogP contribution in [0, 0.1) is 6.92 Å². The molecule has 1 aliphatic heterocycles. The highest BCUT2D eigenvalue weighted by Gasteiger charge is 2.38. The third kappa shape index (κ3) is 2.49. The standard InChI is InChI=1S/C17H13ClN2O2/c1-11-6-5-7-12(10-11)19-15-14(18)16(21)20(17(15)22)13-8-3-2-4-9-13/h2-10,19H,1H3. The molecule has 0 spiro atoms. The van der Waals surface area contributed by atoms with Gasteiger partial charge in [-0.1, -0.05) is 41.9 Å². The zero-order chi connectivity index (χ0) is 15.7. The summed E-state index contributed by atoms with van der Waals surface area (Å²) in [6.45, 7) is 1.94. The van der Waals surface area contributed by atoms with Gasteiger partial charge in [-0.3, -0.25) is 9.59 Å². The van der Waals surface area contributed by atoms with Gasteiger partial charge in [0, 0.05) is 5.69 Å². The zero-order valence-corrected chi connectivity index (χ0v) is 12.6. The first-order valence-electron chi connectivity index (χ1n) is 6.75. The maximum atomic E-state index is 12.5. The number of imide groups is 1. The van der Waals surface area contributed by atoms with Gasteiger partial charge in [-0.05, 0) is 36.8 Å². The summed E-state index contributed by atoms with van der Waals surface area (Å²) in [5.41, 5.74) is 2.35. The molecule has 0 fully saturated rings. The second-order valence-electron chi connectivity index (χ2n) is 4.96. The fraction of sp³-hybridized carbons (Fsp3) is 0.0588. The van der Waals surface area contributed by atoms with E-state index in [9.17, 15) is 9.59 Å². The van der Waals surface area contributed by atoms with Gasteiger partial charge in [0.2, 0.25) is 0 Å². The summed E-state index contributed by atoms with van der Waals surface area (Å²) >= 11 is 6.06. The molecule has 0 unspecified atom stereocenters. The quantitative estimate of drug-likeness (QED) is 0.883. The summed E-state index contributed by atoms with van der Waals surface area (Å²) in [4.78, 5) is 25.8. The Kier molecular flexibility index (Phi) is 3.69. The Morgan fingerprint density at radius 3 is 2.36 bits per heavy atom. The van der Waals surface area contributed by atoms with E-state index < -0.39 is 11.8 Å². The maximum Gasteiger partial charge on any atom is 0.283 e. The minimum Gasteiger partial charge on any atom is -0.350 e. The van der Waals surface area contributed by atoms with Crippen molar-refractivity contribution in [1.29, 1.82) is 0 Å². The fourth-order valence-corrected chi connectivity index (χ4v) is 2.50. The number of nitrogens with one attached hydrogen (secondary N) is 1. The van der Waals surface area contributed by atoms with Gasteiger partial charge < -0.3 is 5.32 Å². The number of anilines is 2. The Morgan fingerprint density at radius 2 is 1.68 bits per heavy atom. The van der Waals surface area contributed by atoms with E-state index in [2.05, 4.69) is 5.32 Å². The van der Waals surface area contributed by atoms with Crippen molar-refractivity contribution >= 4 is 34.8 Å². The van der Waals surface area contributed by atoms with Crippen LogP contribution in [0.25, 0.3) is 0 Å². The highest BCUT2D eigenvalue weighted by atomic mass is 35.5. The molecule has 0 saturated carbocycles. The van der Waals surface area contributed by atoms with Crippen molar-refractivity contribution in [3.8, 4) is 0 Å². The van der Waals surface area contributed by atoms with Gasteiger partial charge >= 0.3 is 0 Å². The highest BCUT2D eigenvalue weighted by molar-refractivity contribution is 6.53. The van der Waals surface area contributed by atoms with Gasteiger partial charge in [-0.15, -0.1) is 0 Å². The number of amides is 2. The number of carbonyl (C=O) groups is 2. The van der Waals surface area contributed by atoms with Crippen molar-refractivity contribution in [2.75, 3.05) is 10.2 Å². The topological polar surface area (TPSA) is 49.4 Å². The van der Waals surface area contributed by atoms with E-state index in [1.807, 2.05) is 37.3 Å². The number of hydrogen-bond acceptors (Lipinski definition) is 3. The number of rotatable bonds is 3. The van der Waals surface area contributed by atoms with Gasteiger partial charge in [0.15, 0.2) is 0 Å². The minimum atomic E-state index is -0.520. The number of halogens is 1. The summed E-state index contributed by atoms with van der Waals surface area (Å²) in [6.07, 6.45) is 0. The average molecular weight is 313 g/mol. The molecule has 2 amide bonds. The molecule has 22 heavy (non-hydrogen) atoms. The van der Waals surface area contributed by atoms with Gasteiger partial charge in [-0.25, -0.2) is 4.90 Å². The molecule has 0 bridgehead atoms. The number of hydrogen-bond donors (Lipinski definition) is 1. The first kappa shape index (κ1) is 14.4. The van der Waals surface area contributed by atoms with Gasteiger partial charge in [0.1, 0.15) is 10.7 Å². The second kappa shape index (κ2) is 5.66. The maximum absolute atomic E-state index is 12.5. The second-order valence-corrected chi connectivity index (χ2v) is 5.34. The Labute approximate surface area is 133 Å². The lowest BCUT2D eigenvalue weighted by Crippen LogP contribution is -2.32. The van der Waals surface area contributed by atoms with Crippen LogP contribution in [-0.2, 0) is 9.59 Å². The summed E-state index contributed by atoms with van der Waals surface area (Å²) in [5.74, 6) is -0.976. The smallest absolute Gasteiger partial charge is 0.283 e. The molecular formula is C17H13ClN2O2. The van der Waals surface area contributed by atoms with E-state index in [1.54, 1.807) is 24.3 Å². The summed E-state index contributed by atoms with van der Waals surface area (Å²) in [5, 5.41) is 2.85. The molecule has 2 aromatic carbocycles. The molecule has 1 heterocycles. The number of nitrogens with zero attached hydrogens (tertiary/aromatic N) is 1. The number of benzene rings is 2. The largest absolute Gasteiger partial charge is 0.350 e. The Hall–Kier alpha value is -2.59. The van der Waals surface area contributed by atoms with Crippen LogP contribution in [-0.4, -0.2) is 11.8 Å². The summed E-state index contributed by atoms with van der Waals surface area (Å²) in [7, 11) is 0. The van der Waals surface area contributed by atoms with Crippen LogP contribution in [0.2, 0.25) is 0 Å². The average Bonchev–Trinajstić information content (AvgIpc) is 2.72. The zero-order valence-electron chi connectivity index (χ0n) is 11.8. The molecule has 1 aliphatic rings. The molecular weight excluding hydrogens is 300 g/mol. The molecule has 0 atom stereocenters. The fourth-order valence-electron chi connectivity index (χ4n) is 2.29. The van der Waals surface area contributed by atoms with Crippen molar-refractivity contribution in [3.05, 3.63) is 70.9 Å². The molecule has 1 N–H and O–H groups in total. The van der Waals surface area contributed by atoms with E-state index in [1.165, 1.54) is 0 Å². The molecule has 0 radical (unpaired) electrons. The molecule has 2 aromatic rings. The number of para-hydroxylation sites is 1. The van der Waals surface area contributed by atoms with Crippen LogP contribution < -0.4 is 10.2 Å². The van der Waals surface area contributed by atoms with Crippen LogP contribution in [0.15, 0.2) is 65.3 Å². The molecule has 4 nitrogen and oxygen atoms in total. The van der Waals surface area contributed by atoms with Gasteiger partial charge in [0.05, 0.1) is 5.69 Å². The SMILES string of the molecule is Cc1cccc(NC2=C(Cl)C(=O)N(c3ccccc3)C2=O)c1. The monoisotopic (exact) mass is 312 g/mol. The van der Waals surface area contributed by atoms with E-state index in [4.69, 9.17) is 11.6 Å². The van der Waals surface area contributed by atoms with Crippen LogP contribution in [0.5, 0.6) is 0 Å². The predicted molar refractivity (Wildman–Crippen MR) is 86.6 cm³/mol. The third-order valence-corrected chi connectivity index (χ3v) is 3.68. The van der Waals surface area contributed by atoms with Crippen LogP contribution in [0.4, 0.5) is 11.4 Å². The van der Waals surface area contributed by atoms with E-state index >= 15 is 0 Å². The lowest BCUT2D eigenvalue weighted by Gasteiger charge is -2.14. The van der Waals surface area contributed by atoms with E-state index in [0.717, 1.165) is 10.5 Å². The normalized spacial score (nSPS) is 14.7. The molecule has 0 saturated heterocycles. The first-order valence-corrected chi connectivity index (χ1v) is 7.13. The van der Waals surface area contributed by atoms with Crippen LogP contribution >= 0.6 is 11.6 Å². The van der Waals surface area contributed by atoms with Crippen molar-refractivity contribution in [3.63, 3.8) is 0 Å². The lowest BCUT2D eigenvalue weighted by atomic mass is 10.2. The number of aryl methyl sites for hydroxylation is 1. The van der Waals surface area contributed by atoms with Crippen molar-refractivity contribution in [1.82, 2.24) is 0 Å². The van der Waals surface area contributed by atoms with Crippen molar-refractivity contribution in [2.45, 2.75) is 6.92 Å². The molecule has 3 rings (SSSR count). The Bertz CT molecular complexity index is 784.